The number of benzene rings is 2. The van der Waals surface area contributed by atoms with Crippen molar-refractivity contribution >= 4 is 50.8 Å². The van der Waals surface area contributed by atoms with Crippen molar-refractivity contribution in [3.63, 3.8) is 0 Å². The van der Waals surface area contributed by atoms with Crippen LogP contribution in [0.2, 0.25) is 0 Å². The molecule has 0 atom stereocenters. The minimum absolute atomic E-state index is 0.0358. The summed E-state index contributed by atoms with van der Waals surface area (Å²) in [6.45, 7) is 1.55. The number of anilines is 2. The highest BCUT2D eigenvalue weighted by Gasteiger charge is 2.22. The zero-order valence-electron chi connectivity index (χ0n) is 11.7. The first-order chi connectivity index (χ1) is 10.9. The maximum Gasteiger partial charge on any atom is 0.337 e. The number of hydrogen-bond donors (Lipinski definition) is 2. The zero-order chi connectivity index (χ0) is 16.7. The van der Waals surface area contributed by atoms with Gasteiger partial charge < -0.3 is 14.9 Å². The molecule has 0 aliphatic rings. The van der Waals surface area contributed by atoms with Gasteiger partial charge in [0.2, 0.25) is 0 Å². The van der Waals surface area contributed by atoms with Crippen LogP contribution >= 0.6 is 22.6 Å². The fraction of sp³-hybridized carbons (Fsp3) is 0.0667. The van der Waals surface area contributed by atoms with E-state index in [2.05, 4.69) is 10.5 Å². The topological polar surface area (TPSA) is 75.4 Å². The number of hydrogen-bond acceptors (Lipinski definition) is 4. The van der Waals surface area contributed by atoms with Crippen molar-refractivity contribution in [1.29, 1.82) is 0 Å². The summed E-state index contributed by atoms with van der Waals surface area (Å²) in [6.07, 6.45) is 0. The van der Waals surface area contributed by atoms with Crippen molar-refractivity contribution in [2.75, 3.05) is 5.32 Å². The van der Waals surface area contributed by atoms with Gasteiger partial charge in [-0.3, -0.25) is 0 Å². The number of nitrogens with zero attached hydrogens (tertiary/aromatic N) is 1. The average Bonchev–Trinajstić information content (AvgIpc) is 2.85. The summed E-state index contributed by atoms with van der Waals surface area (Å²) in [5.41, 5.74) is -0.843. The molecule has 23 heavy (non-hydrogen) atoms. The Morgan fingerprint density at radius 3 is 2.74 bits per heavy atom. The zero-order valence-corrected chi connectivity index (χ0v) is 13.8. The van der Waals surface area contributed by atoms with E-state index >= 15 is 0 Å². The Morgan fingerprint density at radius 1 is 1.35 bits per heavy atom. The Kier molecular flexibility index (Phi) is 3.92. The van der Waals surface area contributed by atoms with Crippen molar-refractivity contribution in [1.82, 2.24) is 5.16 Å². The Balaban J connectivity index is 2.21. The molecule has 0 aliphatic carbocycles. The molecule has 5 nitrogen and oxygen atoms in total. The summed E-state index contributed by atoms with van der Waals surface area (Å²) in [4.78, 5) is 11.4. The molecule has 2 N–H and O–H groups in total. The van der Waals surface area contributed by atoms with Gasteiger partial charge in [-0.2, -0.15) is 0 Å². The second-order valence-corrected chi connectivity index (χ2v) is 6.05. The lowest BCUT2D eigenvalue weighted by Gasteiger charge is -2.12. The fourth-order valence-corrected chi connectivity index (χ4v) is 2.63. The van der Waals surface area contributed by atoms with Gasteiger partial charge >= 0.3 is 5.97 Å². The molecular weight excluding hydrogens is 421 g/mol. The number of carbonyl (C=O) groups is 1. The van der Waals surface area contributed by atoms with Crippen LogP contribution in [-0.4, -0.2) is 16.2 Å². The predicted molar refractivity (Wildman–Crippen MR) is 88.1 cm³/mol. The third-order valence-electron chi connectivity index (χ3n) is 3.31. The number of aromatic nitrogens is 1. The van der Waals surface area contributed by atoms with E-state index in [1.165, 1.54) is 18.2 Å². The number of carboxylic acid groups (broad SMARTS) is 1. The molecule has 0 spiro atoms. The van der Waals surface area contributed by atoms with Crippen LogP contribution in [0.5, 0.6) is 0 Å². The standard InChI is InChI=1S/C15H9F2IN2O3/c1-6-8-5-9(15(21)22)13(12(17)14(8)20-23-6)19-11-3-2-7(18)4-10(11)16/h2-5,19H,1H3,(H,21,22). The first-order valence-corrected chi connectivity index (χ1v) is 7.50. The van der Waals surface area contributed by atoms with Crippen molar-refractivity contribution < 1.29 is 23.2 Å². The molecule has 0 fully saturated rings. The van der Waals surface area contributed by atoms with Crippen molar-refractivity contribution in [3.8, 4) is 0 Å². The summed E-state index contributed by atoms with van der Waals surface area (Å²) in [6, 6.07) is 5.52. The van der Waals surface area contributed by atoms with Crippen LogP contribution in [-0.2, 0) is 0 Å². The van der Waals surface area contributed by atoms with Gasteiger partial charge in [-0.15, -0.1) is 0 Å². The van der Waals surface area contributed by atoms with E-state index in [4.69, 9.17) is 4.52 Å². The van der Waals surface area contributed by atoms with E-state index in [-0.39, 0.29) is 27.8 Å². The minimum atomic E-state index is -1.35. The van der Waals surface area contributed by atoms with E-state index in [1.54, 1.807) is 13.0 Å². The van der Waals surface area contributed by atoms with Gasteiger partial charge in [-0.1, -0.05) is 5.16 Å². The molecule has 0 radical (unpaired) electrons. The highest BCUT2D eigenvalue weighted by Crippen LogP contribution is 2.33. The smallest absolute Gasteiger partial charge is 0.337 e. The first kappa shape index (κ1) is 15.7. The molecule has 0 bridgehead atoms. The lowest BCUT2D eigenvalue weighted by Crippen LogP contribution is -2.06. The van der Waals surface area contributed by atoms with E-state index in [9.17, 15) is 18.7 Å². The monoisotopic (exact) mass is 430 g/mol. The van der Waals surface area contributed by atoms with Crippen molar-refractivity contribution in [2.45, 2.75) is 6.92 Å². The molecule has 118 valence electrons. The predicted octanol–water partition coefficient (Wildman–Crippen LogP) is 4.46. The fourth-order valence-electron chi connectivity index (χ4n) is 2.18. The molecule has 1 heterocycles. The van der Waals surface area contributed by atoms with Crippen LogP contribution in [0.4, 0.5) is 20.2 Å². The lowest BCUT2D eigenvalue weighted by atomic mass is 10.1. The van der Waals surface area contributed by atoms with Gasteiger partial charge in [0.15, 0.2) is 11.3 Å². The normalized spacial score (nSPS) is 11.0. The number of halogens is 3. The molecule has 2 aromatic carbocycles. The Bertz CT molecular complexity index is 940. The van der Waals surface area contributed by atoms with Crippen molar-refractivity contribution in [2.24, 2.45) is 0 Å². The Labute approximate surface area is 142 Å². The molecule has 0 saturated carbocycles. The largest absolute Gasteiger partial charge is 0.478 e. The maximum atomic E-state index is 14.6. The summed E-state index contributed by atoms with van der Waals surface area (Å²) in [7, 11) is 0. The second-order valence-electron chi connectivity index (χ2n) is 4.80. The van der Waals surface area contributed by atoms with Gasteiger partial charge in [-0.05, 0) is 53.8 Å². The quantitative estimate of drug-likeness (QED) is 0.601. The molecular formula is C15H9F2IN2O3. The Morgan fingerprint density at radius 2 is 2.09 bits per heavy atom. The van der Waals surface area contributed by atoms with E-state index in [0.29, 0.717) is 9.33 Å². The van der Waals surface area contributed by atoms with E-state index < -0.39 is 17.6 Å². The van der Waals surface area contributed by atoms with Gasteiger partial charge in [-0.25, -0.2) is 13.6 Å². The third kappa shape index (κ3) is 2.74. The summed E-state index contributed by atoms with van der Waals surface area (Å²) in [5, 5.41) is 15.7. The minimum Gasteiger partial charge on any atom is -0.478 e. The number of carboxylic acids is 1. The number of aryl methyl sites for hydroxylation is 1. The molecule has 0 aliphatic heterocycles. The molecule has 3 rings (SSSR count). The van der Waals surface area contributed by atoms with Crippen LogP contribution < -0.4 is 5.32 Å². The number of rotatable bonds is 3. The molecule has 3 aromatic rings. The van der Waals surface area contributed by atoms with Crippen molar-refractivity contribution in [3.05, 3.63) is 50.8 Å². The number of nitrogens with one attached hydrogen (secondary N) is 1. The SMILES string of the molecule is Cc1onc2c(F)c(Nc3ccc(I)cc3F)c(C(=O)O)cc12. The maximum absolute atomic E-state index is 14.6. The van der Waals surface area contributed by atoms with Crippen LogP contribution in [0, 0.1) is 22.1 Å². The van der Waals surface area contributed by atoms with Crippen LogP contribution in [0.15, 0.2) is 28.8 Å². The van der Waals surface area contributed by atoms with E-state index in [1.807, 2.05) is 22.6 Å². The summed E-state index contributed by atoms with van der Waals surface area (Å²) < 4.78 is 34.1. The first-order valence-electron chi connectivity index (χ1n) is 6.42. The van der Waals surface area contributed by atoms with Gasteiger partial charge in [0.1, 0.15) is 11.6 Å². The van der Waals surface area contributed by atoms with Gasteiger partial charge in [0, 0.05) is 8.96 Å². The van der Waals surface area contributed by atoms with E-state index in [0.717, 1.165) is 0 Å². The third-order valence-corrected chi connectivity index (χ3v) is 3.99. The molecule has 0 unspecified atom stereocenters. The molecule has 8 heteroatoms. The van der Waals surface area contributed by atoms with Gasteiger partial charge in [0.25, 0.3) is 0 Å². The van der Waals surface area contributed by atoms with Crippen LogP contribution in [0.25, 0.3) is 10.9 Å². The second kappa shape index (κ2) is 5.76. The Hall–Kier alpha value is -2.23. The molecule has 1 aromatic heterocycles. The van der Waals surface area contributed by atoms with Crippen LogP contribution in [0.3, 0.4) is 0 Å². The number of aromatic carboxylic acids is 1. The lowest BCUT2D eigenvalue weighted by molar-refractivity contribution is 0.0697. The van der Waals surface area contributed by atoms with Gasteiger partial charge in [0.05, 0.1) is 16.9 Å². The molecule has 0 amide bonds. The summed E-state index contributed by atoms with van der Waals surface area (Å²) in [5.74, 6) is -2.58. The highest BCUT2D eigenvalue weighted by molar-refractivity contribution is 14.1. The highest BCUT2D eigenvalue weighted by atomic mass is 127. The average molecular weight is 430 g/mol. The number of fused-ring (bicyclic) bond motifs is 1. The van der Waals surface area contributed by atoms with Crippen LogP contribution in [0.1, 0.15) is 16.1 Å². The molecule has 0 saturated heterocycles. The summed E-state index contributed by atoms with van der Waals surface area (Å²) >= 11 is 1.93.